The SMILES string of the molecule is Cc1ccc(C(=O)C2CCN(C(=O)C3(S(=O)(=O)c4cc(C)ccc4C)CCCC3)CC2)cc1. The zero-order valence-corrected chi connectivity index (χ0v) is 20.6. The van der Waals surface area contributed by atoms with Crippen molar-refractivity contribution in [3.63, 3.8) is 0 Å². The summed E-state index contributed by atoms with van der Waals surface area (Å²) in [4.78, 5) is 28.7. The summed E-state index contributed by atoms with van der Waals surface area (Å²) in [5, 5.41) is 0. The van der Waals surface area contributed by atoms with Gasteiger partial charge in [0, 0.05) is 24.6 Å². The smallest absolute Gasteiger partial charge is 0.244 e. The number of sulfone groups is 1. The Labute approximate surface area is 197 Å². The van der Waals surface area contributed by atoms with Crippen molar-refractivity contribution in [2.24, 2.45) is 5.92 Å². The van der Waals surface area contributed by atoms with E-state index in [4.69, 9.17) is 0 Å². The largest absolute Gasteiger partial charge is 0.341 e. The first-order chi connectivity index (χ1) is 15.7. The van der Waals surface area contributed by atoms with Crippen LogP contribution in [0, 0.1) is 26.7 Å². The number of piperidine rings is 1. The van der Waals surface area contributed by atoms with E-state index < -0.39 is 14.6 Å². The molecule has 176 valence electrons. The molecule has 0 N–H and O–H groups in total. The van der Waals surface area contributed by atoms with Crippen molar-refractivity contribution < 1.29 is 18.0 Å². The lowest BCUT2D eigenvalue weighted by Gasteiger charge is -2.38. The van der Waals surface area contributed by atoms with Crippen LogP contribution in [0.2, 0.25) is 0 Å². The number of carbonyl (C=O) groups is 2. The summed E-state index contributed by atoms with van der Waals surface area (Å²) in [6.45, 7) is 6.50. The summed E-state index contributed by atoms with van der Waals surface area (Å²) < 4.78 is 26.4. The predicted molar refractivity (Wildman–Crippen MR) is 129 cm³/mol. The second-order valence-electron chi connectivity index (χ2n) is 9.77. The van der Waals surface area contributed by atoms with Crippen molar-refractivity contribution in [1.82, 2.24) is 4.90 Å². The van der Waals surface area contributed by atoms with Gasteiger partial charge in [0.15, 0.2) is 20.4 Å². The van der Waals surface area contributed by atoms with Crippen LogP contribution in [0.15, 0.2) is 47.4 Å². The normalized spacial score (nSPS) is 18.9. The van der Waals surface area contributed by atoms with Crippen molar-refractivity contribution in [3.8, 4) is 0 Å². The van der Waals surface area contributed by atoms with E-state index >= 15 is 0 Å². The Hall–Kier alpha value is -2.47. The van der Waals surface area contributed by atoms with Gasteiger partial charge >= 0.3 is 0 Å². The van der Waals surface area contributed by atoms with Crippen LogP contribution in [0.1, 0.15) is 65.6 Å². The second kappa shape index (κ2) is 9.05. The number of Topliss-reactive ketones (excluding diaryl/α,β-unsaturated/α-hetero) is 1. The molecule has 0 radical (unpaired) electrons. The minimum atomic E-state index is -3.84. The van der Waals surface area contributed by atoms with E-state index in [2.05, 4.69) is 0 Å². The molecule has 5 nitrogen and oxygen atoms in total. The van der Waals surface area contributed by atoms with E-state index in [1.54, 1.807) is 17.9 Å². The van der Waals surface area contributed by atoms with Crippen LogP contribution in [0.25, 0.3) is 0 Å². The predicted octanol–water partition coefficient (Wildman–Crippen LogP) is 4.82. The van der Waals surface area contributed by atoms with Gasteiger partial charge in [-0.1, -0.05) is 54.8 Å². The molecule has 2 aliphatic rings. The molecule has 0 unspecified atom stereocenters. The second-order valence-corrected chi connectivity index (χ2v) is 12.0. The Kier molecular flexibility index (Phi) is 6.50. The maximum atomic E-state index is 13.9. The van der Waals surface area contributed by atoms with Crippen LogP contribution in [0.3, 0.4) is 0 Å². The molecule has 1 amide bonds. The minimum Gasteiger partial charge on any atom is -0.341 e. The number of benzene rings is 2. The molecule has 2 fully saturated rings. The quantitative estimate of drug-likeness (QED) is 0.591. The van der Waals surface area contributed by atoms with Gasteiger partial charge in [-0.2, -0.15) is 0 Å². The molecule has 0 atom stereocenters. The number of amides is 1. The van der Waals surface area contributed by atoms with Gasteiger partial charge in [0.1, 0.15) is 0 Å². The summed E-state index contributed by atoms with van der Waals surface area (Å²) in [6, 6.07) is 13.0. The third-order valence-corrected chi connectivity index (χ3v) is 10.1. The number of likely N-dealkylation sites (tertiary alicyclic amines) is 1. The molecule has 1 aliphatic carbocycles. The summed E-state index contributed by atoms with van der Waals surface area (Å²) in [6.07, 6.45) is 3.33. The van der Waals surface area contributed by atoms with Crippen molar-refractivity contribution in [1.29, 1.82) is 0 Å². The molecule has 1 saturated heterocycles. The van der Waals surface area contributed by atoms with Gasteiger partial charge in [0.05, 0.1) is 4.90 Å². The van der Waals surface area contributed by atoms with E-state index in [0.29, 0.717) is 49.9 Å². The van der Waals surface area contributed by atoms with E-state index in [-0.39, 0.29) is 22.5 Å². The number of ketones is 1. The van der Waals surface area contributed by atoms with Gasteiger partial charge in [-0.3, -0.25) is 9.59 Å². The van der Waals surface area contributed by atoms with Crippen molar-refractivity contribution in [3.05, 3.63) is 64.7 Å². The number of carbonyl (C=O) groups excluding carboxylic acids is 2. The van der Waals surface area contributed by atoms with Crippen LogP contribution in [-0.2, 0) is 14.6 Å². The molecule has 0 bridgehead atoms. The fourth-order valence-electron chi connectivity index (χ4n) is 5.34. The van der Waals surface area contributed by atoms with Gasteiger partial charge in [0.25, 0.3) is 0 Å². The fourth-order valence-corrected chi connectivity index (χ4v) is 7.78. The number of rotatable bonds is 5. The van der Waals surface area contributed by atoms with E-state index in [9.17, 15) is 18.0 Å². The van der Waals surface area contributed by atoms with Crippen LogP contribution >= 0.6 is 0 Å². The van der Waals surface area contributed by atoms with Crippen LogP contribution in [0.4, 0.5) is 0 Å². The lowest BCUT2D eigenvalue weighted by Crippen LogP contribution is -2.54. The summed E-state index contributed by atoms with van der Waals surface area (Å²) in [5.74, 6) is -0.297. The van der Waals surface area contributed by atoms with Gasteiger partial charge < -0.3 is 4.90 Å². The Balaban J connectivity index is 1.54. The maximum absolute atomic E-state index is 13.9. The first-order valence-corrected chi connectivity index (χ1v) is 13.4. The number of aryl methyl sites for hydroxylation is 3. The molecule has 4 rings (SSSR count). The van der Waals surface area contributed by atoms with Crippen LogP contribution in [0.5, 0.6) is 0 Å². The van der Waals surface area contributed by atoms with Crippen molar-refractivity contribution in [2.45, 2.75) is 68.9 Å². The lowest BCUT2D eigenvalue weighted by molar-refractivity contribution is -0.135. The minimum absolute atomic E-state index is 0.112. The molecule has 6 heteroatoms. The molecule has 33 heavy (non-hydrogen) atoms. The van der Waals surface area contributed by atoms with Crippen LogP contribution < -0.4 is 0 Å². The third kappa shape index (κ3) is 4.25. The highest BCUT2D eigenvalue weighted by Crippen LogP contribution is 2.43. The monoisotopic (exact) mass is 467 g/mol. The Morgan fingerprint density at radius 3 is 2.06 bits per heavy atom. The molecular formula is C27H33NO4S. The zero-order valence-electron chi connectivity index (χ0n) is 19.8. The molecular weight excluding hydrogens is 434 g/mol. The highest BCUT2D eigenvalue weighted by Gasteiger charge is 2.55. The summed E-state index contributed by atoms with van der Waals surface area (Å²) in [7, 11) is -3.84. The van der Waals surface area contributed by atoms with Gasteiger partial charge in [-0.05, 0) is 63.6 Å². The Morgan fingerprint density at radius 2 is 1.45 bits per heavy atom. The lowest BCUT2D eigenvalue weighted by atomic mass is 9.88. The molecule has 1 saturated carbocycles. The molecule has 2 aromatic rings. The Bertz CT molecular complexity index is 1150. The fraction of sp³-hybridized carbons (Fsp3) is 0.481. The highest BCUT2D eigenvalue weighted by atomic mass is 32.2. The van der Waals surface area contributed by atoms with Crippen molar-refractivity contribution >= 4 is 21.5 Å². The highest BCUT2D eigenvalue weighted by molar-refractivity contribution is 7.93. The molecule has 0 aromatic heterocycles. The number of hydrogen-bond donors (Lipinski definition) is 0. The first-order valence-electron chi connectivity index (χ1n) is 11.9. The summed E-state index contributed by atoms with van der Waals surface area (Å²) >= 11 is 0. The van der Waals surface area contributed by atoms with Crippen molar-refractivity contribution in [2.75, 3.05) is 13.1 Å². The van der Waals surface area contributed by atoms with Gasteiger partial charge in [-0.25, -0.2) is 8.42 Å². The van der Waals surface area contributed by atoms with Gasteiger partial charge in [0.2, 0.25) is 5.91 Å². The van der Waals surface area contributed by atoms with E-state index in [1.165, 1.54) is 0 Å². The average Bonchev–Trinajstić information content (AvgIpc) is 3.32. The molecule has 1 heterocycles. The average molecular weight is 468 g/mol. The number of nitrogens with zero attached hydrogens (tertiary/aromatic N) is 1. The van der Waals surface area contributed by atoms with E-state index in [0.717, 1.165) is 24.0 Å². The van der Waals surface area contributed by atoms with E-state index in [1.807, 2.05) is 50.2 Å². The first kappa shape index (κ1) is 23.7. The molecule has 2 aromatic carbocycles. The number of hydrogen-bond acceptors (Lipinski definition) is 4. The standard InChI is InChI=1S/C27H33NO4S/c1-19-7-10-22(11-8-19)25(29)23-12-16-28(17-13-23)26(30)27(14-4-5-15-27)33(31,32)24-18-20(2)6-9-21(24)3/h6-11,18,23H,4-5,12-17H2,1-3H3. The van der Waals surface area contributed by atoms with Crippen LogP contribution in [-0.4, -0.2) is 42.8 Å². The Morgan fingerprint density at radius 1 is 0.879 bits per heavy atom. The maximum Gasteiger partial charge on any atom is 0.244 e. The topological polar surface area (TPSA) is 71.5 Å². The summed E-state index contributed by atoms with van der Waals surface area (Å²) in [5.41, 5.74) is 3.37. The molecule has 0 spiro atoms. The van der Waals surface area contributed by atoms with Gasteiger partial charge in [-0.15, -0.1) is 0 Å². The third-order valence-electron chi connectivity index (χ3n) is 7.44. The zero-order chi connectivity index (χ0) is 23.8. The molecule has 1 aliphatic heterocycles.